The quantitative estimate of drug-likeness (QED) is 0.160. The number of piperidine rings is 2. The highest BCUT2D eigenvalue weighted by Crippen LogP contribution is 2.43. The van der Waals surface area contributed by atoms with E-state index in [1.165, 1.54) is 56.6 Å². The Balaban J connectivity index is 0.000000207. The molecule has 2 spiro atoms. The van der Waals surface area contributed by atoms with Crippen LogP contribution in [0.2, 0.25) is 0 Å². The number of aromatic nitrogens is 4. The van der Waals surface area contributed by atoms with Gasteiger partial charge in [0, 0.05) is 86.0 Å². The Kier molecular flexibility index (Phi) is 17.8. The molecule has 11 nitrogen and oxygen atoms in total. The molecule has 23 heteroatoms. The number of nitrogens with zero attached hydrogens (tertiary/aromatic N) is 7. The molecule has 2 aromatic carbocycles. The first-order chi connectivity index (χ1) is 33.6. The topological polar surface area (TPSA) is 104 Å². The van der Waals surface area contributed by atoms with Crippen LogP contribution < -0.4 is 5.32 Å². The van der Waals surface area contributed by atoms with Gasteiger partial charge in [0.1, 0.15) is 0 Å². The molecular formula is C49H62F12N8O3. The van der Waals surface area contributed by atoms with Crippen LogP contribution in [0.4, 0.5) is 57.5 Å². The second-order valence-corrected chi connectivity index (χ2v) is 19.9. The lowest BCUT2D eigenvalue weighted by Gasteiger charge is -2.39. The van der Waals surface area contributed by atoms with Crippen molar-refractivity contribution in [2.75, 3.05) is 52.4 Å². The summed E-state index contributed by atoms with van der Waals surface area (Å²) in [6.45, 7) is 16.7. The van der Waals surface area contributed by atoms with Crippen molar-refractivity contribution >= 4 is 6.09 Å². The van der Waals surface area contributed by atoms with Gasteiger partial charge in [-0.3, -0.25) is 19.2 Å². The number of hydrogen-bond donors (Lipinski definition) is 2. The monoisotopic (exact) mass is 1040 g/mol. The van der Waals surface area contributed by atoms with Crippen molar-refractivity contribution in [2.24, 2.45) is 10.8 Å². The maximum Gasteiger partial charge on any atom is 0.434 e. The highest BCUT2D eigenvalue weighted by Gasteiger charge is 2.60. The van der Waals surface area contributed by atoms with E-state index < -0.39 is 43.0 Å². The van der Waals surface area contributed by atoms with Gasteiger partial charge in [-0.15, -0.1) is 0 Å². The van der Waals surface area contributed by atoms with Crippen molar-refractivity contribution in [1.82, 2.24) is 39.6 Å². The van der Waals surface area contributed by atoms with Crippen molar-refractivity contribution < 1.29 is 67.3 Å². The number of ether oxygens (including phenoxy) is 1. The van der Waals surface area contributed by atoms with Crippen molar-refractivity contribution in [2.45, 2.75) is 128 Å². The Hall–Kier alpha value is -4.87. The number of rotatable bonds is 9. The molecule has 0 atom stereocenters. The second kappa shape index (κ2) is 22.7. The molecule has 2 N–H and O–H groups in total. The fourth-order valence-electron chi connectivity index (χ4n) is 9.72. The third kappa shape index (κ3) is 14.7. The van der Waals surface area contributed by atoms with Gasteiger partial charge < -0.3 is 20.1 Å². The summed E-state index contributed by atoms with van der Waals surface area (Å²) in [5.74, 6) is 0. The Labute approximate surface area is 410 Å². The minimum absolute atomic E-state index is 0.0512. The molecule has 4 saturated heterocycles. The van der Waals surface area contributed by atoms with Crippen molar-refractivity contribution in [3.05, 3.63) is 84.2 Å². The average molecular weight is 1040 g/mol. The van der Waals surface area contributed by atoms with E-state index >= 15 is 0 Å². The Morgan fingerprint density at radius 3 is 1.32 bits per heavy atom. The molecule has 0 bridgehead atoms. The number of likely N-dealkylation sites (tertiary alicyclic amines) is 3. The van der Waals surface area contributed by atoms with Crippen LogP contribution in [0.1, 0.15) is 89.4 Å². The van der Waals surface area contributed by atoms with Crippen LogP contribution in [0.3, 0.4) is 0 Å². The largest absolute Gasteiger partial charge is 0.434 e. The fraction of sp³-hybridized carbons (Fsp3) is 0.612. The summed E-state index contributed by atoms with van der Waals surface area (Å²) in [5, 5.41) is 20.7. The molecule has 0 saturated carbocycles. The number of halogens is 12. The summed E-state index contributed by atoms with van der Waals surface area (Å²) >= 11 is 0. The first-order valence-electron chi connectivity index (χ1n) is 23.9. The van der Waals surface area contributed by atoms with Gasteiger partial charge in [0.2, 0.25) is 6.10 Å². The zero-order chi connectivity index (χ0) is 52.9. The standard InChI is InChI=1S/C25H30F6N4O2.C21H30N4.C3H2F6O/c1-17(2)35-15-19(20(32-35)18-6-4-3-5-7-18)14-33-11-8-23(16-33)9-12-34(13-10-23)22(36)37-21(24(26,27)28)25(29,30)31;1-17(2)25-15-19(20(23-25)18-6-4-3-5-7-18)14-24-13-10-21(16-24)8-11-22-12-9-21;4-2(5,6)1(10)3(7,8)9/h3-7,15,17,21H,8-14,16H2,1-2H3;3-7,15,17,22H,8-14,16H2,1-2H3;1,10H. The number of alkyl halides is 12. The van der Waals surface area contributed by atoms with Gasteiger partial charge in [0.05, 0.1) is 11.4 Å². The van der Waals surface area contributed by atoms with E-state index in [0.29, 0.717) is 30.8 Å². The third-order valence-electron chi connectivity index (χ3n) is 13.8. The lowest BCUT2D eigenvalue weighted by molar-refractivity contribution is -0.309. The van der Waals surface area contributed by atoms with Crippen LogP contribution in [0.15, 0.2) is 73.1 Å². The Morgan fingerprint density at radius 2 is 0.972 bits per heavy atom. The lowest BCUT2D eigenvalue weighted by atomic mass is 9.78. The molecule has 6 heterocycles. The molecule has 8 rings (SSSR count). The van der Waals surface area contributed by atoms with Gasteiger partial charge in [-0.1, -0.05) is 60.7 Å². The minimum atomic E-state index is -5.72. The summed E-state index contributed by atoms with van der Waals surface area (Å²) in [7, 11) is 0. The number of carbonyl (C=O) groups excluding carboxylic acids is 1. The normalized spacial score (nSPS) is 18.8. The molecule has 1 amide bonds. The number of carbonyl (C=O) groups is 1. The molecule has 4 aliphatic heterocycles. The maximum absolute atomic E-state index is 12.8. The van der Waals surface area contributed by atoms with Crippen molar-refractivity contribution in [1.29, 1.82) is 0 Å². The van der Waals surface area contributed by atoms with Gasteiger partial charge in [-0.05, 0) is 103 Å². The molecular weight excluding hydrogens is 977 g/mol. The zero-order valence-corrected chi connectivity index (χ0v) is 40.5. The molecule has 4 aliphatic rings. The molecule has 4 fully saturated rings. The molecule has 0 radical (unpaired) electrons. The van der Waals surface area contributed by atoms with Crippen LogP contribution in [-0.2, 0) is 17.8 Å². The van der Waals surface area contributed by atoms with Gasteiger partial charge in [0.25, 0.3) is 6.10 Å². The molecule has 2 aromatic heterocycles. The molecule has 72 heavy (non-hydrogen) atoms. The van der Waals surface area contributed by atoms with E-state index in [1.54, 1.807) is 0 Å². The zero-order valence-electron chi connectivity index (χ0n) is 40.5. The first kappa shape index (κ1) is 56.4. The highest BCUT2D eigenvalue weighted by atomic mass is 19.4. The van der Waals surface area contributed by atoms with E-state index in [0.717, 1.165) is 53.5 Å². The highest BCUT2D eigenvalue weighted by molar-refractivity contribution is 5.68. The minimum Gasteiger partial charge on any atom is -0.426 e. The lowest BCUT2D eigenvalue weighted by Crippen LogP contribution is -2.50. The van der Waals surface area contributed by atoms with Gasteiger partial charge in [-0.2, -0.15) is 62.9 Å². The number of amides is 1. The van der Waals surface area contributed by atoms with E-state index in [9.17, 15) is 57.5 Å². The van der Waals surface area contributed by atoms with Crippen molar-refractivity contribution in [3.63, 3.8) is 0 Å². The molecule has 0 unspecified atom stereocenters. The summed E-state index contributed by atoms with van der Waals surface area (Å²) < 4.78 is 150. The van der Waals surface area contributed by atoms with E-state index in [-0.39, 0.29) is 24.5 Å². The Bertz CT molecular complexity index is 2310. The third-order valence-corrected chi connectivity index (χ3v) is 13.8. The summed E-state index contributed by atoms with van der Waals surface area (Å²) in [5.41, 5.74) is 7.19. The van der Waals surface area contributed by atoms with E-state index in [4.69, 9.17) is 15.3 Å². The van der Waals surface area contributed by atoms with Crippen LogP contribution in [0.5, 0.6) is 0 Å². The average Bonchev–Trinajstić information content (AvgIpc) is 4.12. The fourth-order valence-corrected chi connectivity index (χ4v) is 9.72. The number of benzene rings is 2. The van der Waals surface area contributed by atoms with E-state index in [2.05, 4.69) is 88.8 Å². The molecule has 400 valence electrons. The van der Waals surface area contributed by atoms with Crippen LogP contribution in [0, 0.1) is 10.8 Å². The van der Waals surface area contributed by atoms with Crippen molar-refractivity contribution in [3.8, 4) is 22.5 Å². The predicted molar refractivity (Wildman–Crippen MR) is 244 cm³/mol. The number of hydrogen-bond acceptors (Lipinski definition) is 8. The van der Waals surface area contributed by atoms with Crippen LogP contribution in [0.25, 0.3) is 22.5 Å². The summed E-state index contributed by atoms with van der Waals surface area (Å²) in [6, 6.07) is 21.1. The van der Waals surface area contributed by atoms with E-state index in [1.807, 2.05) is 41.2 Å². The van der Waals surface area contributed by atoms with Gasteiger partial charge in [-0.25, -0.2) is 4.79 Å². The Morgan fingerprint density at radius 1 is 0.597 bits per heavy atom. The number of aliphatic hydroxyl groups is 1. The number of aliphatic hydroxyl groups excluding tert-OH is 1. The molecule has 0 aliphatic carbocycles. The molecule has 4 aromatic rings. The van der Waals surface area contributed by atoms with Crippen LogP contribution >= 0.6 is 0 Å². The smallest absolute Gasteiger partial charge is 0.426 e. The SMILES string of the molecule is CC(C)n1cc(CN2CCC3(CCN(C(=O)OC(C(F)(F)F)C(F)(F)F)CC3)C2)c(-c2ccccc2)n1.CC(C)n1cc(CN2CCC3(CCNCC3)C2)c(-c2ccccc2)n1.OC(C(F)(F)F)C(F)(F)F. The maximum atomic E-state index is 12.8. The number of nitrogens with one attached hydrogen (secondary N) is 1. The van der Waals surface area contributed by atoms with Gasteiger partial charge >= 0.3 is 30.8 Å². The first-order valence-corrected chi connectivity index (χ1v) is 23.9. The second-order valence-electron chi connectivity index (χ2n) is 19.9. The van der Waals surface area contributed by atoms with Crippen LogP contribution in [-0.4, -0.2) is 135 Å². The summed E-state index contributed by atoms with van der Waals surface area (Å²) in [6.07, 6.45) is -22.5. The predicted octanol–water partition coefficient (Wildman–Crippen LogP) is 11.2. The summed E-state index contributed by atoms with van der Waals surface area (Å²) in [4.78, 5) is 18.0. The van der Waals surface area contributed by atoms with Gasteiger partial charge in [0.15, 0.2) is 0 Å².